The summed E-state index contributed by atoms with van der Waals surface area (Å²) < 4.78 is 17.3. The third-order valence-electron chi connectivity index (χ3n) is 4.34. The molecule has 2 aromatic rings. The molecule has 0 saturated heterocycles. The molecule has 0 aliphatic heterocycles. The van der Waals surface area contributed by atoms with Crippen molar-refractivity contribution in [3.63, 3.8) is 0 Å². The first-order valence-electron chi connectivity index (χ1n) is 9.74. The zero-order valence-corrected chi connectivity index (χ0v) is 19.8. The second-order valence-electron chi connectivity index (χ2n) is 6.68. The van der Waals surface area contributed by atoms with Crippen LogP contribution in [0.2, 0.25) is 0 Å². The third kappa shape index (κ3) is 8.08. The average Bonchev–Trinajstić information content (AvgIpc) is 2.75. The van der Waals surface area contributed by atoms with Gasteiger partial charge in [-0.25, -0.2) is 4.79 Å². The minimum atomic E-state index is -0.947. The lowest BCUT2D eigenvalue weighted by Crippen LogP contribution is -2.30. The standard InChI is InChI=1S/C22H26BrNO6S/c1-3-28-19(10-11-29-20(26)13-31)21(17-12-15(23)6-9-18(17)25)30-22(27)24-16-7-4-14(2)5-8-16/h4-9,12,19,21,25,31H,3,10-11,13H2,1-2H3,(H,24,27)/t19-,21-/m1/s1. The number of amides is 1. The lowest BCUT2D eigenvalue weighted by molar-refractivity contribution is -0.142. The van der Waals surface area contributed by atoms with E-state index in [1.54, 1.807) is 31.2 Å². The number of esters is 1. The number of aryl methyl sites for hydroxylation is 1. The van der Waals surface area contributed by atoms with E-state index in [2.05, 4.69) is 33.9 Å². The van der Waals surface area contributed by atoms with Crippen molar-refractivity contribution in [2.24, 2.45) is 0 Å². The Kier molecular flexibility index (Phi) is 10.2. The summed E-state index contributed by atoms with van der Waals surface area (Å²) in [6, 6.07) is 12.1. The molecule has 2 N–H and O–H groups in total. The molecular formula is C22H26BrNO6S. The number of rotatable bonds is 10. The van der Waals surface area contributed by atoms with Crippen LogP contribution in [0.5, 0.6) is 5.75 Å². The molecule has 0 aliphatic rings. The molecule has 0 saturated carbocycles. The van der Waals surface area contributed by atoms with Crippen LogP contribution in [0, 0.1) is 6.92 Å². The molecule has 9 heteroatoms. The van der Waals surface area contributed by atoms with E-state index in [1.807, 2.05) is 19.1 Å². The van der Waals surface area contributed by atoms with Crippen LogP contribution in [0.15, 0.2) is 46.9 Å². The molecule has 1 amide bonds. The minimum absolute atomic E-state index is 0.0371. The topological polar surface area (TPSA) is 94.1 Å². The van der Waals surface area contributed by atoms with Crippen molar-refractivity contribution in [3.8, 4) is 5.75 Å². The van der Waals surface area contributed by atoms with Crippen LogP contribution in [0.3, 0.4) is 0 Å². The van der Waals surface area contributed by atoms with Gasteiger partial charge in [-0.1, -0.05) is 33.6 Å². The van der Waals surface area contributed by atoms with E-state index >= 15 is 0 Å². The smallest absolute Gasteiger partial charge is 0.412 e. The number of benzene rings is 2. The monoisotopic (exact) mass is 511 g/mol. The first-order chi connectivity index (χ1) is 14.8. The summed E-state index contributed by atoms with van der Waals surface area (Å²) in [5.41, 5.74) is 2.00. The van der Waals surface area contributed by atoms with Gasteiger partial charge in [0, 0.05) is 28.8 Å². The van der Waals surface area contributed by atoms with Crippen LogP contribution in [-0.2, 0) is 19.0 Å². The number of thiol groups is 1. The van der Waals surface area contributed by atoms with Crippen molar-refractivity contribution in [1.29, 1.82) is 0 Å². The fourth-order valence-electron chi connectivity index (χ4n) is 2.86. The highest BCUT2D eigenvalue weighted by Gasteiger charge is 2.30. The molecule has 2 rings (SSSR count). The van der Waals surface area contributed by atoms with Gasteiger partial charge in [0.05, 0.1) is 12.4 Å². The first-order valence-corrected chi connectivity index (χ1v) is 11.2. The van der Waals surface area contributed by atoms with Gasteiger partial charge in [0.15, 0.2) is 6.10 Å². The second kappa shape index (κ2) is 12.6. The summed E-state index contributed by atoms with van der Waals surface area (Å²) >= 11 is 7.26. The quantitative estimate of drug-likeness (QED) is 0.306. The number of hydrogen-bond donors (Lipinski definition) is 3. The molecule has 2 atom stereocenters. The Labute approximate surface area is 195 Å². The van der Waals surface area contributed by atoms with Crippen LogP contribution >= 0.6 is 28.6 Å². The number of anilines is 1. The highest BCUT2D eigenvalue weighted by atomic mass is 79.9. The summed E-state index contributed by atoms with van der Waals surface area (Å²) in [6.45, 7) is 4.13. The molecule has 7 nitrogen and oxygen atoms in total. The van der Waals surface area contributed by atoms with Crippen molar-refractivity contribution >= 4 is 46.3 Å². The first kappa shape index (κ1) is 25.0. The maximum Gasteiger partial charge on any atom is 0.412 e. The van der Waals surface area contributed by atoms with Crippen molar-refractivity contribution in [3.05, 3.63) is 58.1 Å². The molecule has 0 heterocycles. The zero-order chi connectivity index (χ0) is 22.8. The van der Waals surface area contributed by atoms with Crippen molar-refractivity contribution in [2.45, 2.75) is 32.5 Å². The number of halogens is 1. The van der Waals surface area contributed by atoms with Gasteiger partial charge >= 0.3 is 12.1 Å². The molecular weight excluding hydrogens is 486 g/mol. The summed E-state index contributed by atoms with van der Waals surface area (Å²) in [7, 11) is 0. The number of carbonyl (C=O) groups is 2. The maximum atomic E-state index is 12.6. The van der Waals surface area contributed by atoms with Crippen LogP contribution in [0.25, 0.3) is 0 Å². The average molecular weight is 512 g/mol. The fourth-order valence-corrected chi connectivity index (χ4v) is 3.33. The molecule has 0 fully saturated rings. The number of phenolic OH excluding ortho intramolecular Hbond substituents is 1. The second-order valence-corrected chi connectivity index (χ2v) is 7.91. The summed E-state index contributed by atoms with van der Waals surface area (Å²) in [5, 5.41) is 13.1. The van der Waals surface area contributed by atoms with E-state index in [9.17, 15) is 14.7 Å². The van der Waals surface area contributed by atoms with Gasteiger partial charge < -0.3 is 19.3 Å². The van der Waals surface area contributed by atoms with E-state index in [4.69, 9.17) is 14.2 Å². The summed E-state index contributed by atoms with van der Waals surface area (Å²) in [4.78, 5) is 24.1. The zero-order valence-electron chi connectivity index (χ0n) is 17.3. The normalized spacial score (nSPS) is 12.6. The molecule has 0 aromatic heterocycles. The van der Waals surface area contributed by atoms with Crippen molar-refractivity contribution in [1.82, 2.24) is 0 Å². The molecule has 0 aliphatic carbocycles. The van der Waals surface area contributed by atoms with E-state index < -0.39 is 24.3 Å². The number of nitrogens with one attached hydrogen (secondary N) is 1. The van der Waals surface area contributed by atoms with Crippen LogP contribution in [0.4, 0.5) is 10.5 Å². The fraction of sp³-hybridized carbons (Fsp3) is 0.364. The summed E-state index contributed by atoms with van der Waals surface area (Å²) in [6.07, 6.45) is -2.06. The SMILES string of the molecule is CCO[C@H](CCOC(=O)CS)[C@H](OC(=O)Nc1ccc(C)cc1)c1cc(Br)ccc1O. The molecule has 0 radical (unpaired) electrons. The van der Waals surface area contributed by atoms with Gasteiger partial charge in [0.1, 0.15) is 11.9 Å². The van der Waals surface area contributed by atoms with Crippen LogP contribution in [0.1, 0.15) is 30.6 Å². The predicted octanol–water partition coefficient (Wildman–Crippen LogP) is 5.02. The lowest BCUT2D eigenvalue weighted by atomic mass is 10.0. The Morgan fingerprint density at radius 3 is 2.55 bits per heavy atom. The number of phenols is 1. The Hall–Kier alpha value is -2.23. The molecule has 0 bridgehead atoms. The van der Waals surface area contributed by atoms with E-state index in [-0.39, 0.29) is 24.5 Å². The minimum Gasteiger partial charge on any atom is -0.508 e. The number of ether oxygens (including phenoxy) is 3. The van der Waals surface area contributed by atoms with Crippen molar-refractivity contribution < 1.29 is 28.9 Å². The van der Waals surface area contributed by atoms with Crippen LogP contribution < -0.4 is 5.32 Å². The Balaban J connectivity index is 2.24. The van der Waals surface area contributed by atoms with Gasteiger partial charge in [-0.05, 0) is 44.2 Å². The van der Waals surface area contributed by atoms with E-state index in [1.165, 1.54) is 6.07 Å². The highest BCUT2D eigenvalue weighted by molar-refractivity contribution is 9.10. The maximum absolute atomic E-state index is 12.6. The highest BCUT2D eigenvalue weighted by Crippen LogP contribution is 2.34. The number of carbonyl (C=O) groups excluding carboxylic acids is 2. The van der Waals surface area contributed by atoms with Crippen molar-refractivity contribution in [2.75, 3.05) is 24.3 Å². The van der Waals surface area contributed by atoms with Gasteiger partial charge in [0.2, 0.25) is 0 Å². The molecule has 0 unspecified atom stereocenters. The molecule has 2 aromatic carbocycles. The Morgan fingerprint density at radius 1 is 1.19 bits per heavy atom. The number of hydrogen-bond acceptors (Lipinski definition) is 7. The molecule has 31 heavy (non-hydrogen) atoms. The molecule has 168 valence electrons. The molecule has 0 spiro atoms. The van der Waals surface area contributed by atoms with Gasteiger partial charge in [-0.3, -0.25) is 10.1 Å². The number of aromatic hydroxyl groups is 1. The van der Waals surface area contributed by atoms with Crippen LogP contribution in [-0.4, -0.2) is 42.2 Å². The Bertz CT molecular complexity index is 877. The third-order valence-corrected chi connectivity index (χ3v) is 5.09. The van der Waals surface area contributed by atoms with E-state index in [0.717, 1.165) is 5.56 Å². The van der Waals surface area contributed by atoms with Gasteiger partial charge in [-0.15, -0.1) is 0 Å². The van der Waals surface area contributed by atoms with Gasteiger partial charge in [0.25, 0.3) is 0 Å². The van der Waals surface area contributed by atoms with E-state index in [0.29, 0.717) is 22.3 Å². The predicted molar refractivity (Wildman–Crippen MR) is 125 cm³/mol. The summed E-state index contributed by atoms with van der Waals surface area (Å²) in [5.74, 6) is -0.545. The van der Waals surface area contributed by atoms with Gasteiger partial charge in [-0.2, -0.15) is 12.6 Å². The lowest BCUT2D eigenvalue weighted by Gasteiger charge is -2.28. The Morgan fingerprint density at radius 2 is 1.90 bits per heavy atom. The largest absolute Gasteiger partial charge is 0.508 e.